The van der Waals surface area contributed by atoms with Gasteiger partial charge in [0.25, 0.3) is 0 Å². The molecule has 2 N–H and O–H groups in total. The second kappa shape index (κ2) is 7.21. The molecule has 0 atom stereocenters. The number of thiazole rings is 1. The summed E-state index contributed by atoms with van der Waals surface area (Å²) in [5, 5.41) is 6.71. The summed E-state index contributed by atoms with van der Waals surface area (Å²) in [5.74, 6) is 0. The number of urea groups is 1. The molecule has 0 aliphatic heterocycles. The van der Waals surface area contributed by atoms with E-state index in [9.17, 15) is 4.79 Å². The van der Waals surface area contributed by atoms with E-state index >= 15 is 0 Å². The number of benzene rings is 3. The van der Waals surface area contributed by atoms with E-state index in [1.165, 1.54) is 5.56 Å². The summed E-state index contributed by atoms with van der Waals surface area (Å²) >= 11 is 1.64. The number of aryl methyl sites for hydroxylation is 2. The third-order valence-electron chi connectivity index (χ3n) is 4.43. The van der Waals surface area contributed by atoms with Gasteiger partial charge in [-0.3, -0.25) is 0 Å². The van der Waals surface area contributed by atoms with Crippen LogP contribution in [0.15, 0.2) is 66.7 Å². The van der Waals surface area contributed by atoms with Crippen molar-refractivity contribution < 1.29 is 4.79 Å². The van der Waals surface area contributed by atoms with Crippen LogP contribution in [-0.2, 0) is 0 Å². The molecule has 4 aromatic rings. The second-order valence-electron chi connectivity index (χ2n) is 6.45. The molecule has 1 aromatic heterocycles. The molecular weight excluding hydrogens is 354 g/mol. The fourth-order valence-corrected chi connectivity index (χ4v) is 3.80. The summed E-state index contributed by atoms with van der Waals surface area (Å²) in [4.78, 5) is 17.0. The lowest BCUT2D eigenvalue weighted by Crippen LogP contribution is -2.19. The van der Waals surface area contributed by atoms with Gasteiger partial charge in [-0.25, -0.2) is 9.78 Å². The van der Waals surface area contributed by atoms with Gasteiger partial charge in [0.2, 0.25) is 0 Å². The van der Waals surface area contributed by atoms with Gasteiger partial charge in [-0.2, -0.15) is 0 Å². The summed E-state index contributed by atoms with van der Waals surface area (Å²) in [6, 6.07) is 21.4. The highest BCUT2D eigenvalue weighted by molar-refractivity contribution is 7.21. The number of aromatic nitrogens is 1. The number of carbonyl (C=O) groups excluding carboxylic acids is 1. The molecule has 0 aliphatic rings. The van der Waals surface area contributed by atoms with E-state index in [-0.39, 0.29) is 6.03 Å². The van der Waals surface area contributed by atoms with E-state index in [0.29, 0.717) is 0 Å². The number of para-hydroxylation sites is 1. The Morgan fingerprint density at radius 1 is 0.852 bits per heavy atom. The summed E-state index contributed by atoms with van der Waals surface area (Å²) in [5.41, 5.74) is 5.82. The summed E-state index contributed by atoms with van der Waals surface area (Å²) < 4.78 is 1.15. The predicted octanol–water partition coefficient (Wildman–Crippen LogP) is 6.22. The third-order valence-corrected chi connectivity index (χ3v) is 5.51. The monoisotopic (exact) mass is 373 g/mol. The Labute approximate surface area is 161 Å². The number of fused-ring (bicyclic) bond motifs is 1. The van der Waals surface area contributed by atoms with Crippen molar-refractivity contribution in [3.8, 4) is 10.6 Å². The molecule has 2 amide bonds. The summed E-state index contributed by atoms with van der Waals surface area (Å²) in [6.45, 7) is 4.08. The fraction of sp³-hybridized carbons (Fsp3) is 0.0909. The van der Waals surface area contributed by atoms with Gasteiger partial charge in [-0.15, -0.1) is 11.3 Å². The molecule has 0 saturated heterocycles. The molecule has 1 heterocycles. The summed E-state index contributed by atoms with van der Waals surface area (Å²) in [6.07, 6.45) is 0. The van der Waals surface area contributed by atoms with Crippen LogP contribution in [-0.4, -0.2) is 11.0 Å². The molecule has 27 heavy (non-hydrogen) atoms. The van der Waals surface area contributed by atoms with Crippen LogP contribution in [0.3, 0.4) is 0 Å². The Hall–Kier alpha value is -3.18. The maximum atomic E-state index is 12.3. The van der Waals surface area contributed by atoms with E-state index in [4.69, 9.17) is 0 Å². The van der Waals surface area contributed by atoms with Crippen LogP contribution >= 0.6 is 11.3 Å². The van der Waals surface area contributed by atoms with Crippen molar-refractivity contribution in [1.82, 2.24) is 4.98 Å². The molecule has 0 fully saturated rings. The molecule has 0 unspecified atom stereocenters. The van der Waals surface area contributed by atoms with E-state index < -0.39 is 0 Å². The van der Waals surface area contributed by atoms with E-state index in [1.54, 1.807) is 11.3 Å². The zero-order valence-corrected chi connectivity index (χ0v) is 15.9. The number of anilines is 2. The van der Waals surface area contributed by atoms with Crippen LogP contribution in [0.5, 0.6) is 0 Å². The molecule has 4 nitrogen and oxygen atoms in total. The lowest BCUT2D eigenvalue weighted by molar-refractivity contribution is 0.262. The SMILES string of the molecule is Cc1ccc(NC(=O)Nc2cccc(-c3nc4ccccc4s3)c2)cc1C. The zero-order valence-electron chi connectivity index (χ0n) is 15.1. The first-order chi connectivity index (χ1) is 13.1. The highest BCUT2D eigenvalue weighted by atomic mass is 32.1. The molecule has 0 saturated carbocycles. The van der Waals surface area contributed by atoms with Gasteiger partial charge in [-0.05, 0) is 61.4 Å². The largest absolute Gasteiger partial charge is 0.323 e. The molecule has 0 bridgehead atoms. The molecule has 5 heteroatoms. The van der Waals surface area contributed by atoms with Crippen molar-refractivity contribution in [2.75, 3.05) is 10.6 Å². The first kappa shape index (κ1) is 17.2. The standard InChI is InChI=1S/C22H19N3OS/c1-14-10-11-18(12-15(14)2)24-22(26)23-17-7-5-6-16(13-17)21-25-19-8-3-4-9-20(19)27-21/h3-13H,1-2H3,(H2,23,24,26). The van der Waals surface area contributed by atoms with Crippen LogP contribution in [0.25, 0.3) is 20.8 Å². The summed E-state index contributed by atoms with van der Waals surface area (Å²) in [7, 11) is 0. The highest BCUT2D eigenvalue weighted by Crippen LogP contribution is 2.31. The van der Waals surface area contributed by atoms with Crippen molar-refractivity contribution >= 4 is 39.0 Å². The molecule has 4 rings (SSSR count). The number of carbonyl (C=O) groups is 1. The zero-order chi connectivity index (χ0) is 18.8. The normalized spacial score (nSPS) is 10.7. The Bertz CT molecular complexity index is 1100. The Balaban J connectivity index is 1.51. The quantitative estimate of drug-likeness (QED) is 0.447. The van der Waals surface area contributed by atoms with Crippen molar-refractivity contribution in [3.05, 3.63) is 77.9 Å². The van der Waals surface area contributed by atoms with Crippen LogP contribution in [0.2, 0.25) is 0 Å². The predicted molar refractivity (Wildman–Crippen MR) is 114 cm³/mol. The number of hydrogen-bond acceptors (Lipinski definition) is 3. The number of hydrogen-bond donors (Lipinski definition) is 2. The Kier molecular flexibility index (Phi) is 4.60. The van der Waals surface area contributed by atoms with E-state index in [0.717, 1.165) is 37.7 Å². The van der Waals surface area contributed by atoms with Crippen molar-refractivity contribution in [3.63, 3.8) is 0 Å². The molecule has 134 valence electrons. The van der Waals surface area contributed by atoms with Crippen LogP contribution in [0.1, 0.15) is 11.1 Å². The average molecular weight is 373 g/mol. The number of rotatable bonds is 3. The maximum absolute atomic E-state index is 12.3. The molecule has 0 radical (unpaired) electrons. The third kappa shape index (κ3) is 3.83. The lowest BCUT2D eigenvalue weighted by atomic mass is 10.1. The van der Waals surface area contributed by atoms with Gasteiger partial charge in [0.1, 0.15) is 5.01 Å². The Morgan fingerprint density at radius 2 is 1.63 bits per heavy atom. The van der Waals surface area contributed by atoms with Gasteiger partial charge in [0.15, 0.2) is 0 Å². The van der Waals surface area contributed by atoms with Crippen LogP contribution in [0.4, 0.5) is 16.2 Å². The minimum absolute atomic E-state index is 0.264. The minimum Gasteiger partial charge on any atom is -0.308 e. The number of amides is 2. The van der Waals surface area contributed by atoms with Crippen LogP contribution in [0, 0.1) is 13.8 Å². The van der Waals surface area contributed by atoms with Crippen molar-refractivity contribution in [2.24, 2.45) is 0 Å². The topological polar surface area (TPSA) is 54.0 Å². The highest BCUT2D eigenvalue weighted by Gasteiger charge is 2.08. The van der Waals surface area contributed by atoms with Gasteiger partial charge in [0, 0.05) is 16.9 Å². The first-order valence-corrected chi connectivity index (χ1v) is 9.51. The van der Waals surface area contributed by atoms with Gasteiger partial charge in [-0.1, -0.05) is 30.3 Å². The smallest absolute Gasteiger partial charge is 0.308 e. The second-order valence-corrected chi connectivity index (χ2v) is 7.48. The van der Waals surface area contributed by atoms with Crippen molar-refractivity contribution in [1.29, 1.82) is 0 Å². The minimum atomic E-state index is -0.264. The van der Waals surface area contributed by atoms with Crippen LogP contribution < -0.4 is 10.6 Å². The number of nitrogens with zero attached hydrogens (tertiary/aromatic N) is 1. The van der Waals surface area contributed by atoms with Gasteiger partial charge in [0.05, 0.1) is 10.2 Å². The maximum Gasteiger partial charge on any atom is 0.323 e. The average Bonchev–Trinajstić information content (AvgIpc) is 3.09. The first-order valence-electron chi connectivity index (χ1n) is 8.70. The van der Waals surface area contributed by atoms with Crippen molar-refractivity contribution in [2.45, 2.75) is 13.8 Å². The molecule has 3 aromatic carbocycles. The van der Waals surface area contributed by atoms with E-state index in [2.05, 4.69) is 21.7 Å². The molecule has 0 aliphatic carbocycles. The fourth-order valence-electron chi connectivity index (χ4n) is 2.84. The molecule has 0 spiro atoms. The van der Waals surface area contributed by atoms with Gasteiger partial charge >= 0.3 is 6.03 Å². The lowest BCUT2D eigenvalue weighted by Gasteiger charge is -2.10. The Morgan fingerprint density at radius 3 is 2.41 bits per heavy atom. The number of nitrogens with one attached hydrogen (secondary N) is 2. The van der Waals surface area contributed by atoms with E-state index in [1.807, 2.05) is 74.5 Å². The molecular formula is C22H19N3OS. The van der Waals surface area contributed by atoms with Gasteiger partial charge < -0.3 is 10.6 Å².